The van der Waals surface area contributed by atoms with Gasteiger partial charge in [-0.15, -0.1) is 0 Å². The van der Waals surface area contributed by atoms with Crippen LogP contribution < -0.4 is 55.7 Å². The van der Waals surface area contributed by atoms with Crippen molar-refractivity contribution < 1.29 is 78.5 Å². The number of ether oxygens (including phenoxy) is 2. The number of primary amides is 4. The van der Waals surface area contributed by atoms with Crippen molar-refractivity contribution in [1.29, 1.82) is 0 Å². The molecule has 0 bridgehead atoms. The lowest BCUT2D eigenvalue weighted by atomic mass is 9.95. The highest BCUT2D eigenvalue weighted by molar-refractivity contribution is 5.91. The van der Waals surface area contributed by atoms with Crippen LogP contribution in [0.2, 0.25) is 0 Å². The summed E-state index contributed by atoms with van der Waals surface area (Å²) < 4.78 is 10.4. The van der Waals surface area contributed by atoms with Gasteiger partial charge in [0.2, 0.25) is 47.3 Å². The molecule has 14 atom stereocenters. The lowest BCUT2D eigenvalue weighted by Crippen LogP contribution is -2.65. The smallest absolute Gasteiger partial charge is 0.243 e. The first-order valence-corrected chi connectivity index (χ1v) is 19.2. The van der Waals surface area contributed by atoms with Gasteiger partial charge in [-0.25, -0.2) is 0 Å². The lowest BCUT2D eigenvalue weighted by molar-refractivity contribution is -0.247. The molecule has 2 saturated heterocycles. The highest BCUT2D eigenvalue weighted by atomic mass is 16.6. The zero-order chi connectivity index (χ0) is 46.0. The Morgan fingerprint density at radius 2 is 0.883 bits per heavy atom. The summed E-state index contributed by atoms with van der Waals surface area (Å²) in [5.74, 6) is -5.95. The molecule has 0 aromatic heterocycles. The molecule has 0 aromatic rings. The fourth-order valence-electron chi connectivity index (χ4n) is 5.93. The molecular formula is C34H62N10O16. The number of aliphatic hydroxyl groups excluding tert-OH is 6. The molecule has 0 spiro atoms. The average Bonchev–Trinajstić information content (AvgIpc) is 3.18. The van der Waals surface area contributed by atoms with Crippen LogP contribution in [0.15, 0.2) is 0 Å². The van der Waals surface area contributed by atoms with Gasteiger partial charge >= 0.3 is 0 Å². The first-order valence-electron chi connectivity index (χ1n) is 19.2. The van der Waals surface area contributed by atoms with Crippen LogP contribution in [0.1, 0.15) is 78.1 Å². The van der Waals surface area contributed by atoms with Crippen molar-refractivity contribution in [3.8, 4) is 0 Å². The van der Waals surface area contributed by atoms with E-state index in [2.05, 4.69) is 21.3 Å². The van der Waals surface area contributed by atoms with Crippen LogP contribution in [0.3, 0.4) is 0 Å². The molecule has 0 saturated carbocycles. The van der Waals surface area contributed by atoms with E-state index < -0.39 is 133 Å². The van der Waals surface area contributed by atoms with Crippen molar-refractivity contribution in [2.45, 2.75) is 164 Å². The third kappa shape index (κ3) is 17.5. The van der Waals surface area contributed by atoms with Gasteiger partial charge in [-0.3, -0.25) is 38.4 Å². The first-order chi connectivity index (χ1) is 27.9. The predicted octanol–water partition coefficient (Wildman–Crippen LogP) is -8.67. The van der Waals surface area contributed by atoms with E-state index in [1.165, 1.54) is 0 Å². The Kier molecular flexibility index (Phi) is 23.0. The van der Waals surface area contributed by atoms with Gasteiger partial charge in [0.25, 0.3) is 0 Å². The molecule has 60 heavy (non-hydrogen) atoms. The molecule has 0 aromatic carbocycles. The van der Waals surface area contributed by atoms with E-state index in [1.807, 2.05) is 0 Å². The van der Waals surface area contributed by atoms with E-state index in [0.29, 0.717) is 12.8 Å². The van der Waals surface area contributed by atoms with E-state index in [0.717, 1.165) is 0 Å². The Bertz CT molecular complexity index is 1480. The van der Waals surface area contributed by atoms with Crippen molar-refractivity contribution in [3.05, 3.63) is 0 Å². The molecule has 26 nitrogen and oxygen atoms in total. The minimum absolute atomic E-state index is 0.0222. The number of aliphatic hydroxyl groups is 6. The van der Waals surface area contributed by atoms with E-state index in [1.54, 1.807) is 13.8 Å². The number of nitrogens with one attached hydrogen (secondary N) is 4. The molecular weight excluding hydrogens is 804 g/mol. The molecule has 0 radical (unpaired) electrons. The molecule has 2 aliphatic heterocycles. The normalized spacial score (nSPS) is 28.2. The Labute approximate surface area is 344 Å². The van der Waals surface area contributed by atoms with Gasteiger partial charge < -0.3 is 95.8 Å². The van der Waals surface area contributed by atoms with Crippen LogP contribution in [0.5, 0.6) is 0 Å². The average molecular weight is 867 g/mol. The van der Waals surface area contributed by atoms with Crippen LogP contribution in [-0.4, -0.2) is 163 Å². The summed E-state index contributed by atoms with van der Waals surface area (Å²) in [4.78, 5) is 93.3. The van der Waals surface area contributed by atoms with Crippen molar-refractivity contribution in [1.82, 2.24) is 21.3 Å². The zero-order valence-corrected chi connectivity index (χ0v) is 33.4. The van der Waals surface area contributed by atoms with Gasteiger partial charge in [0.1, 0.15) is 48.6 Å². The largest absolute Gasteiger partial charge is 0.388 e. The van der Waals surface area contributed by atoms with Crippen molar-refractivity contribution in [3.63, 3.8) is 0 Å². The Morgan fingerprint density at radius 1 is 0.517 bits per heavy atom. The van der Waals surface area contributed by atoms with Crippen LogP contribution in [-0.2, 0) is 47.8 Å². The third-order valence-corrected chi connectivity index (χ3v) is 9.59. The molecule has 344 valence electrons. The highest BCUT2D eigenvalue weighted by Gasteiger charge is 2.45. The van der Waals surface area contributed by atoms with E-state index in [9.17, 15) is 69.0 Å². The first kappa shape index (κ1) is 53.4. The molecule has 8 amide bonds. The van der Waals surface area contributed by atoms with Gasteiger partial charge in [0, 0.05) is 25.7 Å². The minimum atomic E-state index is -1.61. The van der Waals surface area contributed by atoms with Crippen LogP contribution in [0.4, 0.5) is 0 Å². The number of carbonyl (C=O) groups excluding carboxylic acids is 8. The van der Waals surface area contributed by atoms with Gasteiger partial charge in [-0.05, 0) is 38.5 Å². The molecule has 22 N–H and O–H groups in total. The molecule has 2 heterocycles. The molecule has 14 unspecified atom stereocenters. The minimum Gasteiger partial charge on any atom is -0.388 e. The zero-order valence-electron chi connectivity index (χ0n) is 33.4. The number of carbonyl (C=O) groups is 8. The Balaban J connectivity index is 0.000000600. The predicted molar refractivity (Wildman–Crippen MR) is 204 cm³/mol. The molecule has 26 heteroatoms. The summed E-state index contributed by atoms with van der Waals surface area (Å²) in [5.41, 5.74) is 31.6. The van der Waals surface area contributed by atoms with E-state index >= 15 is 0 Å². The van der Waals surface area contributed by atoms with Gasteiger partial charge in [-0.2, -0.15) is 0 Å². The summed E-state index contributed by atoms with van der Waals surface area (Å²) in [6, 6.07) is -7.39. The Morgan fingerprint density at radius 3 is 1.27 bits per heavy atom. The molecule has 2 fully saturated rings. The van der Waals surface area contributed by atoms with Crippen LogP contribution >= 0.6 is 0 Å². The number of nitrogens with two attached hydrogens (primary N) is 6. The standard InChI is InChI=1S/2C17H31N5O8/c1-2-9-13(25)14(26)12(17(29)30-9)22-11(24)6-4-8(15(20)27)21-16(28)7(18)3-5-10(19)23;1-2-9-13(25)14(26)12(17(29)30-9)22-16(28)8(4-6-11(20)24)21-15(27)7(18)3-5-10(19)23/h7-9,12-14,17,25-26,29H,2-6,18H2,1H3,(H2,19,23)(H2,20,27)(H,21,28)(H,22,24);7-9,12-14,17,25-26,29H,2-6,18H2,1H3,(H2,19,23)(H2,20,24)(H,21,27)(H,22,28). The highest BCUT2D eigenvalue weighted by Crippen LogP contribution is 2.23. The number of amides is 8. The fraction of sp³-hybridized carbons (Fsp3) is 0.765. The van der Waals surface area contributed by atoms with Gasteiger partial charge in [-0.1, -0.05) is 13.8 Å². The number of rotatable bonds is 22. The fourth-order valence-corrected chi connectivity index (χ4v) is 5.93. The van der Waals surface area contributed by atoms with Crippen molar-refractivity contribution in [2.75, 3.05) is 0 Å². The maximum absolute atomic E-state index is 12.6. The second-order valence-corrected chi connectivity index (χ2v) is 14.3. The van der Waals surface area contributed by atoms with E-state index in [4.69, 9.17) is 43.9 Å². The third-order valence-electron chi connectivity index (χ3n) is 9.59. The van der Waals surface area contributed by atoms with Crippen LogP contribution in [0.25, 0.3) is 0 Å². The van der Waals surface area contributed by atoms with Crippen molar-refractivity contribution >= 4 is 47.3 Å². The van der Waals surface area contributed by atoms with Gasteiger partial charge in [0.05, 0.1) is 24.3 Å². The molecule has 2 aliphatic rings. The second kappa shape index (κ2) is 25.9. The lowest BCUT2D eigenvalue weighted by Gasteiger charge is -2.41. The van der Waals surface area contributed by atoms with Gasteiger partial charge in [0.15, 0.2) is 12.6 Å². The summed E-state index contributed by atoms with van der Waals surface area (Å²) in [7, 11) is 0. The maximum Gasteiger partial charge on any atom is 0.243 e. The number of hydrogen-bond acceptors (Lipinski definition) is 18. The quantitative estimate of drug-likeness (QED) is 0.0480. The summed E-state index contributed by atoms with van der Waals surface area (Å²) in [6.07, 6.45) is -11.0. The summed E-state index contributed by atoms with van der Waals surface area (Å²) in [5, 5.41) is 69.7. The number of hydrogen-bond donors (Lipinski definition) is 16. The SMILES string of the molecule is CCC1OC(O)C(NC(=O)C(CCC(N)=O)NC(=O)C(N)CCC(N)=O)C(O)C1O.CCC1OC(O)C(NC(=O)CCC(NC(=O)C(N)CCC(N)=O)C(N)=O)C(O)C1O. The topological polar surface area (TPSA) is 481 Å². The second-order valence-electron chi connectivity index (χ2n) is 14.3. The van der Waals surface area contributed by atoms with Crippen LogP contribution in [0, 0.1) is 0 Å². The Hall–Kier alpha value is -4.64. The summed E-state index contributed by atoms with van der Waals surface area (Å²) in [6.45, 7) is 3.38. The van der Waals surface area contributed by atoms with E-state index in [-0.39, 0.29) is 51.4 Å². The molecule has 2 rings (SSSR count). The van der Waals surface area contributed by atoms with Crippen molar-refractivity contribution in [2.24, 2.45) is 34.4 Å². The maximum atomic E-state index is 12.6. The molecule has 0 aliphatic carbocycles. The monoisotopic (exact) mass is 866 g/mol. The summed E-state index contributed by atoms with van der Waals surface area (Å²) >= 11 is 0.